The molecule has 0 bridgehead atoms. The van der Waals surface area contributed by atoms with Crippen LogP contribution in [0.1, 0.15) is 53.6 Å². The van der Waals surface area contributed by atoms with Crippen molar-refractivity contribution in [3.63, 3.8) is 0 Å². The van der Waals surface area contributed by atoms with Crippen molar-refractivity contribution < 1.29 is 13.9 Å². The standard InChI is InChI=1S/C17H23N3O3/c1-12-14(17(21)22-2)10-13(23-12)11-18-15-6-3-4-7-16(15)20-9-5-8-19-20/h5,8-10,15-16,18H,3-4,6-7,11H2,1-2H3/t15-,16-/m1/s1. The van der Waals surface area contributed by atoms with Crippen molar-refractivity contribution in [3.05, 3.63) is 41.6 Å². The lowest BCUT2D eigenvalue weighted by Crippen LogP contribution is -2.39. The minimum Gasteiger partial charge on any atom is -0.465 e. The number of ether oxygens (including phenoxy) is 1. The molecule has 6 nitrogen and oxygen atoms in total. The van der Waals surface area contributed by atoms with Gasteiger partial charge in [-0.05, 0) is 31.9 Å². The van der Waals surface area contributed by atoms with Crippen molar-refractivity contribution in [1.82, 2.24) is 15.1 Å². The van der Waals surface area contributed by atoms with E-state index in [0.717, 1.165) is 18.6 Å². The number of methoxy groups -OCH3 is 1. The van der Waals surface area contributed by atoms with Crippen molar-refractivity contribution in [2.45, 2.75) is 51.2 Å². The van der Waals surface area contributed by atoms with Gasteiger partial charge in [0.25, 0.3) is 0 Å². The summed E-state index contributed by atoms with van der Waals surface area (Å²) in [6.07, 6.45) is 8.55. The summed E-state index contributed by atoms with van der Waals surface area (Å²) in [6.45, 7) is 2.38. The van der Waals surface area contributed by atoms with Gasteiger partial charge in [-0.3, -0.25) is 4.68 Å². The van der Waals surface area contributed by atoms with E-state index in [1.807, 2.05) is 23.1 Å². The molecule has 2 aromatic rings. The Bertz CT molecular complexity index is 648. The minimum atomic E-state index is -0.357. The average Bonchev–Trinajstić information content (AvgIpc) is 3.22. The van der Waals surface area contributed by atoms with E-state index in [0.29, 0.717) is 30.0 Å². The molecule has 2 aromatic heterocycles. The Morgan fingerprint density at radius 2 is 2.30 bits per heavy atom. The number of furan rings is 1. The molecule has 1 N–H and O–H groups in total. The van der Waals surface area contributed by atoms with Gasteiger partial charge in [-0.25, -0.2) is 4.79 Å². The molecule has 6 heteroatoms. The predicted octanol–water partition coefficient (Wildman–Crippen LogP) is 2.84. The van der Waals surface area contributed by atoms with Crippen molar-refractivity contribution in [3.8, 4) is 0 Å². The molecule has 0 saturated heterocycles. The molecule has 23 heavy (non-hydrogen) atoms. The number of esters is 1. The monoisotopic (exact) mass is 317 g/mol. The smallest absolute Gasteiger partial charge is 0.341 e. The van der Waals surface area contributed by atoms with Crippen LogP contribution in [0.3, 0.4) is 0 Å². The molecule has 0 unspecified atom stereocenters. The maximum Gasteiger partial charge on any atom is 0.341 e. The first kappa shape index (κ1) is 15.8. The Kier molecular flexibility index (Phi) is 4.81. The summed E-state index contributed by atoms with van der Waals surface area (Å²) in [5.41, 5.74) is 0.497. The predicted molar refractivity (Wildman–Crippen MR) is 85.1 cm³/mol. The van der Waals surface area contributed by atoms with Gasteiger partial charge in [0.15, 0.2) is 0 Å². The average molecular weight is 317 g/mol. The molecule has 1 fully saturated rings. The van der Waals surface area contributed by atoms with Gasteiger partial charge in [-0.1, -0.05) is 12.8 Å². The number of nitrogens with one attached hydrogen (secondary N) is 1. The van der Waals surface area contributed by atoms with Crippen LogP contribution in [0.25, 0.3) is 0 Å². The summed E-state index contributed by atoms with van der Waals surface area (Å²) in [5, 5.41) is 7.96. The molecule has 3 rings (SSSR count). The summed E-state index contributed by atoms with van der Waals surface area (Å²) in [5.74, 6) is 0.998. The highest BCUT2D eigenvalue weighted by molar-refractivity contribution is 5.90. The number of carbonyl (C=O) groups is 1. The number of aryl methyl sites for hydroxylation is 1. The number of rotatable bonds is 5. The van der Waals surface area contributed by atoms with E-state index in [2.05, 4.69) is 10.4 Å². The minimum absolute atomic E-state index is 0.357. The van der Waals surface area contributed by atoms with E-state index in [9.17, 15) is 4.79 Å². The molecule has 2 atom stereocenters. The van der Waals surface area contributed by atoms with Crippen LogP contribution in [0.5, 0.6) is 0 Å². The first-order valence-corrected chi connectivity index (χ1v) is 8.09. The number of hydrogen-bond acceptors (Lipinski definition) is 5. The molecule has 0 aromatic carbocycles. The molecule has 0 spiro atoms. The zero-order chi connectivity index (χ0) is 16.2. The Morgan fingerprint density at radius 1 is 1.48 bits per heavy atom. The highest BCUT2D eigenvalue weighted by atomic mass is 16.5. The van der Waals surface area contributed by atoms with E-state index in [-0.39, 0.29) is 5.97 Å². The lowest BCUT2D eigenvalue weighted by Gasteiger charge is -2.32. The number of aromatic nitrogens is 2. The van der Waals surface area contributed by atoms with Crippen molar-refractivity contribution >= 4 is 5.97 Å². The molecule has 2 heterocycles. The van der Waals surface area contributed by atoms with Crippen molar-refractivity contribution in [2.75, 3.05) is 7.11 Å². The second kappa shape index (κ2) is 7.00. The largest absolute Gasteiger partial charge is 0.465 e. The summed E-state index contributed by atoms with van der Waals surface area (Å²) in [4.78, 5) is 11.6. The van der Waals surface area contributed by atoms with Gasteiger partial charge in [-0.2, -0.15) is 5.10 Å². The van der Waals surface area contributed by atoms with E-state index in [4.69, 9.17) is 9.15 Å². The highest BCUT2D eigenvalue weighted by Gasteiger charge is 2.27. The molecule has 1 saturated carbocycles. The summed E-state index contributed by atoms with van der Waals surface area (Å²) < 4.78 is 12.5. The topological polar surface area (TPSA) is 69.3 Å². The van der Waals surface area contributed by atoms with E-state index in [1.54, 1.807) is 13.0 Å². The first-order chi connectivity index (χ1) is 11.2. The maximum absolute atomic E-state index is 11.6. The lowest BCUT2D eigenvalue weighted by atomic mass is 9.90. The Hall–Kier alpha value is -2.08. The van der Waals surface area contributed by atoms with Crippen LogP contribution in [0.2, 0.25) is 0 Å². The van der Waals surface area contributed by atoms with Crippen molar-refractivity contribution in [1.29, 1.82) is 0 Å². The molecule has 124 valence electrons. The second-order valence-electron chi connectivity index (χ2n) is 6.00. The van der Waals surface area contributed by atoms with Gasteiger partial charge in [0, 0.05) is 18.4 Å². The van der Waals surface area contributed by atoms with E-state index >= 15 is 0 Å². The van der Waals surface area contributed by atoms with Gasteiger partial charge in [-0.15, -0.1) is 0 Å². The number of hydrogen-bond donors (Lipinski definition) is 1. The number of carbonyl (C=O) groups excluding carboxylic acids is 1. The van der Waals surface area contributed by atoms with Crippen LogP contribution in [0.4, 0.5) is 0 Å². The normalized spacial score (nSPS) is 21.3. The third kappa shape index (κ3) is 3.47. The fraction of sp³-hybridized carbons (Fsp3) is 0.529. The zero-order valence-corrected chi connectivity index (χ0v) is 13.6. The lowest BCUT2D eigenvalue weighted by molar-refractivity contribution is 0.0599. The Labute approximate surface area is 135 Å². The quantitative estimate of drug-likeness (QED) is 0.859. The van der Waals surface area contributed by atoms with Crippen LogP contribution < -0.4 is 5.32 Å². The third-order valence-electron chi connectivity index (χ3n) is 4.51. The highest BCUT2D eigenvalue weighted by Crippen LogP contribution is 2.28. The SMILES string of the molecule is COC(=O)c1cc(CN[C@@H]2CCCC[C@H]2n2cccn2)oc1C. The zero-order valence-electron chi connectivity index (χ0n) is 13.6. The first-order valence-electron chi connectivity index (χ1n) is 8.09. The molecule has 1 aliphatic carbocycles. The summed E-state index contributed by atoms with van der Waals surface area (Å²) >= 11 is 0. The maximum atomic E-state index is 11.6. The van der Waals surface area contributed by atoms with E-state index < -0.39 is 0 Å². The fourth-order valence-corrected chi connectivity index (χ4v) is 3.32. The van der Waals surface area contributed by atoms with Gasteiger partial charge in [0.05, 0.1) is 19.7 Å². The van der Waals surface area contributed by atoms with Gasteiger partial charge >= 0.3 is 5.97 Å². The van der Waals surface area contributed by atoms with Gasteiger partial charge in [0.2, 0.25) is 0 Å². The molecule has 0 aliphatic heterocycles. The Balaban J connectivity index is 1.66. The molecule has 1 aliphatic rings. The molecule has 0 amide bonds. The van der Waals surface area contributed by atoms with E-state index in [1.165, 1.54) is 20.0 Å². The van der Waals surface area contributed by atoms with Gasteiger partial charge < -0.3 is 14.5 Å². The molecular weight excluding hydrogens is 294 g/mol. The number of nitrogens with zero attached hydrogens (tertiary/aromatic N) is 2. The molecular formula is C17H23N3O3. The van der Waals surface area contributed by atoms with Crippen LogP contribution in [-0.4, -0.2) is 28.9 Å². The van der Waals surface area contributed by atoms with Crippen LogP contribution in [0.15, 0.2) is 28.9 Å². The third-order valence-corrected chi connectivity index (χ3v) is 4.51. The second-order valence-corrected chi connectivity index (χ2v) is 6.00. The van der Waals surface area contributed by atoms with Crippen molar-refractivity contribution in [2.24, 2.45) is 0 Å². The van der Waals surface area contributed by atoms with Crippen LogP contribution >= 0.6 is 0 Å². The molecule has 0 radical (unpaired) electrons. The Morgan fingerprint density at radius 3 is 3.04 bits per heavy atom. The fourth-order valence-electron chi connectivity index (χ4n) is 3.32. The van der Waals surface area contributed by atoms with Crippen LogP contribution in [-0.2, 0) is 11.3 Å². The van der Waals surface area contributed by atoms with Crippen LogP contribution in [0, 0.1) is 6.92 Å². The summed E-state index contributed by atoms with van der Waals surface area (Å²) in [6, 6.07) is 4.45. The van der Waals surface area contributed by atoms with Gasteiger partial charge in [0.1, 0.15) is 17.1 Å². The summed E-state index contributed by atoms with van der Waals surface area (Å²) in [7, 11) is 1.38.